The van der Waals surface area contributed by atoms with Gasteiger partial charge in [0.15, 0.2) is 0 Å². The van der Waals surface area contributed by atoms with Crippen molar-refractivity contribution in [3.63, 3.8) is 0 Å². The van der Waals surface area contributed by atoms with E-state index >= 15 is 0 Å². The van der Waals surface area contributed by atoms with Gasteiger partial charge in [0.05, 0.1) is 5.60 Å². The quantitative estimate of drug-likeness (QED) is 0.726. The minimum Gasteiger partial charge on any atom is -0.378 e. The molecular weight excluding hydrogens is 224 g/mol. The van der Waals surface area contributed by atoms with E-state index in [9.17, 15) is 0 Å². The van der Waals surface area contributed by atoms with Crippen molar-refractivity contribution >= 4 is 0 Å². The Balaban J connectivity index is 2.83. The highest BCUT2D eigenvalue weighted by Crippen LogP contribution is 2.38. The molecule has 108 valence electrons. The van der Waals surface area contributed by atoms with Crippen LogP contribution >= 0.6 is 0 Å². The van der Waals surface area contributed by atoms with E-state index in [1.807, 2.05) is 7.11 Å². The lowest BCUT2D eigenvalue weighted by Crippen LogP contribution is -2.56. The predicted octanol–water partition coefficient (Wildman–Crippen LogP) is 2.61. The smallest absolute Gasteiger partial charge is 0.0694 e. The summed E-state index contributed by atoms with van der Waals surface area (Å²) < 4.78 is 5.93. The maximum absolute atomic E-state index is 5.93. The van der Waals surface area contributed by atoms with E-state index in [2.05, 4.69) is 44.8 Å². The van der Waals surface area contributed by atoms with Gasteiger partial charge in [-0.15, -0.1) is 0 Å². The largest absolute Gasteiger partial charge is 0.378 e. The van der Waals surface area contributed by atoms with E-state index in [1.54, 1.807) is 0 Å². The molecule has 0 radical (unpaired) electrons. The topological polar surface area (TPSA) is 15.7 Å². The summed E-state index contributed by atoms with van der Waals surface area (Å²) in [6, 6.07) is 1.28. The zero-order valence-corrected chi connectivity index (χ0v) is 13.2. The zero-order valence-electron chi connectivity index (χ0n) is 13.2. The van der Waals surface area contributed by atoms with Gasteiger partial charge in [0, 0.05) is 19.2 Å². The molecule has 0 amide bonds. The van der Waals surface area contributed by atoms with Gasteiger partial charge in [-0.05, 0) is 53.4 Å². The fourth-order valence-electron chi connectivity index (χ4n) is 3.48. The molecule has 3 heteroatoms. The summed E-state index contributed by atoms with van der Waals surface area (Å²) in [4.78, 5) is 4.88. The summed E-state index contributed by atoms with van der Waals surface area (Å²) >= 11 is 0. The second-order valence-electron chi connectivity index (χ2n) is 6.05. The molecule has 0 aromatic heterocycles. The monoisotopic (exact) mass is 256 g/mol. The third kappa shape index (κ3) is 3.46. The molecule has 0 bridgehead atoms. The van der Waals surface area contributed by atoms with E-state index in [-0.39, 0.29) is 5.60 Å². The second-order valence-corrected chi connectivity index (χ2v) is 6.05. The van der Waals surface area contributed by atoms with E-state index < -0.39 is 0 Å². The first-order chi connectivity index (χ1) is 8.49. The van der Waals surface area contributed by atoms with Crippen molar-refractivity contribution in [2.24, 2.45) is 0 Å². The average Bonchev–Trinajstić information content (AvgIpc) is 2.37. The van der Waals surface area contributed by atoms with E-state index in [1.165, 1.54) is 32.1 Å². The molecule has 0 unspecified atom stereocenters. The molecule has 1 fully saturated rings. The van der Waals surface area contributed by atoms with Crippen molar-refractivity contribution < 1.29 is 4.74 Å². The second kappa shape index (κ2) is 6.88. The minimum absolute atomic E-state index is 0.120. The van der Waals surface area contributed by atoms with Crippen LogP contribution < -0.4 is 0 Å². The van der Waals surface area contributed by atoms with Crippen LogP contribution in [0.15, 0.2) is 0 Å². The van der Waals surface area contributed by atoms with Crippen molar-refractivity contribution in [3.8, 4) is 0 Å². The van der Waals surface area contributed by atoms with Crippen molar-refractivity contribution in [1.29, 1.82) is 0 Å². The van der Waals surface area contributed by atoms with Crippen LogP contribution in [-0.4, -0.2) is 62.3 Å². The summed E-state index contributed by atoms with van der Waals surface area (Å²) in [5.74, 6) is 0. The number of ether oxygens (including phenoxy) is 1. The summed E-state index contributed by atoms with van der Waals surface area (Å²) in [6.45, 7) is 5.62. The molecule has 0 aromatic rings. The molecule has 1 aliphatic rings. The predicted molar refractivity (Wildman–Crippen MR) is 78.1 cm³/mol. The first kappa shape index (κ1) is 15.9. The van der Waals surface area contributed by atoms with Gasteiger partial charge in [0.2, 0.25) is 0 Å². The van der Waals surface area contributed by atoms with Gasteiger partial charge in [0.1, 0.15) is 0 Å². The van der Waals surface area contributed by atoms with Gasteiger partial charge in [-0.25, -0.2) is 0 Å². The summed E-state index contributed by atoms with van der Waals surface area (Å²) in [6.07, 6.45) is 6.02. The minimum atomic E-state index is 0.120. The van der Waals surface area contributed by atoms with Crippen molar-refractivity contribution in [3.05, 3.63) is 0 Å². The van der Waals surface area contributed by atoms with Crippen molar-refractivity contribution in [2.75, 3.05) is 34.8 Å². The third-order valence-corrected chi connectivity index (χ3v) is 4.79. The highest BCUT2D eigenvalue weighted by atomic mass is 16.5. The molecule has 0 spiro atoms. The molecule has 0 saturated heterocycles. The number of hydrogen-bond donors (Lipinski definition) is 0. The molecular formula is C15H32N2O. The van der Waals surface area contributed by atoms with E-state index in [0.717, 1.165) is 6.54 Å². The van der Waals surface area contributed by atoms with Crippen molar-refractivity contribution in [1.82, 2.24) is 9.80 Å². The SMILES string of the molecule is CCC[C@]1(OC)CC[C@H](N(C)C)[C@@H](N(C)CC)C1. The number of hydrogen-bond acceptors (Lipinski definition) is 3. The summed E-state index contributed by atoms with van der Waals surface area (Å²) in [5.41, 5.74) is 0.120. The Labute approximate surface area is 113 Å². The Morgan fingerprint density at radius 3 is 2.28 bits per heavy atom. The molecule has 0 N–H and O–H groups in total. The lowest BCUT2D eigenvalue weighted by atomic mass is 9.75. The molecule has 0 aliphatic heterocycles. The lowest BCUT2D eigenvalue weighted by Gasteiger charge is -2.49. The molecule has 1 rings (SSSR count). The van der Waals surface area contributed by atoms with Crippen LogP contribution in [-0.2, 0) is 4.74 Å². The molecule has 3 nitrogen and oxygen atoms in total. The van der Waals surface area contributed by atoms with Gasteiger partial charge in [0.25, 0.3) is 0 Å². The highest BCUT2D eigenvalue weighted by molar-refractivity contribution is 4.98. The first-order valence-electron chi connectivity index (χ1n) is 7.41. The Morgan fingerprint density at radius 1 is 1.17 bits per heavy atom. The van der Waals surface area contributed by atoms with Crippen LogP contribution in [0, 0.1) is 0 Å². The number of nitrogens with zero attached hydrogens (tertiary/aromatic N) is 2. The summed E-state index contributed by atoms with van der Waals surface area (Å²) in [5, 5.41) is 0. The fourth-order valence-corrected chi connectivity index (χ4v) is 3.48. The molecule has 18 heavy (non-hydrogen) atoms. The number of likely N-dealkylation sites (N-methyl/N-ethyl adjacent to an activating group) is 2. The van der Waals surface area contributed by atoms with Gasteiger partial charge >= 0.3 is 0 Å². The lowest BCUT2D eigenvalue weighted by molar-refractivity contribution is -0.0853. The molecule has 0 heterocycles. The van der Waals surface area contributed by atoms with Gasteiger partial charge < -0.3 is 14.5 Å². The average molecular weight is 256 g/mol. The standard InChI is InChI=1S/C15H32N2O/c1-7-10-15(18-6)11-9-13(16(3)4)14(12-15)17(5)8-2/h13-14H,7-12H2,1-6H3/t13-,14-,15-/m0/s1. The van der Waals surface area contributed by atoms with Gasteiger partial charge in [-0.1, -0.05) is 20.3 Å². The van der Waals surface area contributed by atoms with Crippen LogP contribution in [0.5, 0.6) is 0 Å². The van der Waals surface area contributed by atoms with Crippen LogP contribution in [0.2, 0.25) is 0 Å². The Bertz CT molecular complexity index is 245. The molecule has 0 aromatic carbocycles. The first-order valence-corrected chi connectivity index (χ1v) is 7.41. The van der Waals surface area contributed by atoms with Gasteiger partial charge in [-0.2, -0.15) is 0 Å². The molecule has 1 aliphatic carbocycles. The van der Waals surface area contributed by atoms with Crippen LogP contribution in [0.25, 0.3) is 0 Å². The normalized spacial score (nSPS) is 33.3. The molecule has 3 atom stereocenters. The van der Waals surface area contributed by atoms with E-state index in [4.69, 9.17) is 4.74 Å². The zero-order chi connectivity index (χ0) is 13.8. The van der Waals surface area contributed by atoms with Crippen molar-refractivity contribution in [2.45, 2.75) is 63.6 Å². The van der Waals surface area contributed by atoms with Crippen LogP contribution in [0.3, 0.4) is 0 Å². The Kier molecular flexibility index (Phi) is 6.09. The number of rotatable bonds is 6. The Hall–Kier alpha value is -0.120. The van der Waals surface area contributed by atoms with E-state index in [0.29, 0.717) is 12.1 Å². The maximum Gasteiger partial charge on any atom is 0.0694 e. The van der Waals surface area contributed by atoms with Crippen LogP contribution in [0.1, 0.15) is 46.0 Å². The Morgan fingerprint density at radius 2 is 1.83 bits per heavy atom. The summed E-state index contributed by atoms with van der Waals surface area (Å²) in [7, 11) is 8.56. The number of methoxy groups -OCH3 is 1. The fraction of sp³-hybridized carbons (Fsp3) is 1.00. The van der Waals surface area contributed by atoms with Crippen LogP contribution in [0.4, 0.5) is 0 Å². The molecule has 1 saturated carbocycles. The third-order valence-electron chi connectivity index (χ3n) is 4.79. The highest BCUT2D eigenvalue weighted by Gasteiger charge is 2.42. The maximum atomic E-state index is 5.93. The van der Waals surface area contributed by atoms with Gasteiger partial charge in [-0.3, -0.25) is 0 Å².